The lowest BCUT2D eigenvalue weighted by molar-refractivity contribution is -0.116. The number of nitrogens with zero attached hydrogens (tertiary/aromatic N) is 3. The Labute approximate surface area is 207 Å². The monoisotopic (exact) mass is 484 g/mol. The van der Waals surface area contributed by atoms with E-state index in [2.05, 4.69) is 17.2 Å². The Balaban J connectivity index is 1.58. The minimum Gasteiger partial charge on any atom is -0.325 e. The molecule has 0 aliphatic rings. The third kappa shape index (κ3) is 4.45. The van der Waals surface area contributed by atoms with Crippen LogP contribution in [0.25, 0.3) is 21.9 Å². The predicted molar refractivity (Wildman–Crippen MR) is 141 cm³/mol. The number of amides is 1. The molecule has 5 rings (SSSR count). The number of nitrogens with one attached hydrogen (secondary N) is 1. The van der Waals surface area contributed by atoms with Crippen molar-refractivity contribution in [2.75, 3.05) is 5.32 Å². The number of benzene rings is 3. The van der Waals surface area contributed by atoms with Crippen LogP contribution in [0.3, 0.4) is 0 Å². The van der Waals surface area contributed by atoms with Crippen molar-refractivity contribution in [3.63, 3.8) is 0 Å². The van der Waals surface area contributed by atoms with Crippen molar-refractivity contribution in [1.82, 2.24) is 14.1 Å². The van der Waals surface area contributed by atoms with E-state index in [1.807, 2.05) is 67.6 Å². The van der Waals surface area contributed by atoms with Gasteiger partial charge in [-0.3, -0.25) is 14.2 Å². The summed E-state index contributed by atoms with van der Waals surface area (Å²) in [7, 11) is 0. The molecule has 0 atom stereocenters. The SMILES string of the molecule is CCc1ccc(NC(=O)Cn2c3ccc(C)cc3c3ncn(Cc4ccccc4Cl)c(=O)c32)cc1. The highest BCUT2D eigenvalue weighted by atomic mass is 35.5. The standard InChI is InChI=1S/C28H25ClN4O2/c1-3-19-9-11-21(12-10-19)31-25(34)16-33-24-13-8-18(2)14-22(24)26-27(33)28(35)32(17-30-26)15-20-6-4-5-7-23(20)29/h4-14,17H,3,15-16H2,1-2H3,(H,31,34). The molecule has 0 spiro atoms. The molecule has 2 heterocycles. The maximum Gasteiger partial charge on any atom is 0.278 e. The summed E-state index contributed by atoms with van der Waals surface area (Å²) >= 11 is 6.33. The summed E-state index contributed by atoms with van der Waals surface area (Å²) in [4.78, 5) is 31.3. The van der Waals surface area contributed by atoms with Gasteiger partial charge in [-0.05, 0) is 54.8 Å². The van der Waals surface area contributed by atoms with E-state index in [4.69, 9.17) is 11.6 Å². The Morgan fingerprint density at radius 2 is 1.83 bits per heavy atom. The van der Waals surface area contributed by atoms with Crippen LogP contribution in [0.1, 0.15) is 23.6 Å². The first-order valence-electron chi connectivity index (χ1n) is 11.5. The van der Waals surface area contributed by atoms with Gasteiger partial charge >= 0.3 is 0 Å². The number of aromatic nitrogens is 3. The lowest BCUT2D eigenvalue weighted by Crippen LogP contribution is -2.25. The van der Waals surface area contributed by atoms with Gasteiger partial charge in [-0.15, -0.1) is 0 Å². The smallest absolute Gasteiger partial charge is 0.278 e. The molecule has 6 nitrogen and oxygen atoms in total. The second-order valence-corrected chi connectivity index (χ2v) is 9.08. The van der Waals surface area contributed by atoms with Gasteiger partial charge in [0, 0.05) is 16.1 Å². The van der Waals surface area contributed by atoms with Crippen LogP contribution in [0, 0.1) is 6.92 Å². The number of halogens is 1. The van der Waals surface area contributed by atoms with Gasteiger partial charge in [-0.2, -0.15) is 0 Å². The molecule has 7 heteroatoms. The van der Waals surface area contributed by atoms with E-state index in [-0.39, 0.29) is 24.6 Å². The third-order valence-corrected chi connectivity index (χ3v) is 6.60. The van der Waals surface area contributed by atoms with Gasteiger partial charge in [0.15, 0.2) is 0 Å². The summed E-state index contributed by atoms with van der Waals surface area (Å²) in [5, 5.41) is 4.38. The average Bonchev–Trinajstić information content (AvgIpc) is 3.15. The Kier molecular flexibility index (Phi) is 6.14. The van der Waals surface area contributed by atoms with Crippen molar-refractivity contribution in [2.45, 2.75) is 33.4 Å². The lowest BCUT2D eigenvalue weighted by Gasteiger charge is -2.11. The number of fused-ring (bicyclic) bond motifs is 3. The van der Waals surface area contributed by atoms with Gasteiger partial charge in [0.05, 0.1) is 18.4 Å². The maximum atomic E-state index is 13.7. The van der Waals surface area contributed by atoms with Crippen LogP contribution in [0.15, 0.2) is 77.9 Å². The fourth-order valence-electron chi connectivity index (χ4n) is 4.37. The van der Waals surface area contributed by atoms with Gasteiger partial charge in [0.25, 0.3) is 5.56 Å². The summed E-state index contributed by atoms with van der Waals surface area (Å²) in [6, 6.07) is 21.1. The van der Waals surface area contributed by atoms with Crippen molar-refractivity contribution in [3.8, 4) is 0 Å². The van der Waals surface area contributed by atoms with Gasteiger partial charge < -0.3 is 9.88 Å². The lowest BCUT2D eigenvalue weighted by atomic mass is 10.1. The topological polar surface area (TPSA) is 68.9 Å². The molecule has 0 bridgehead atoms. The Hall–Kier alpha value is -3.90. The quantitative estimate of drug-likeness (QED) is 0.343. The van der Waals surface area contributed by atoms with Crippen LogP contribution in [0.2, 0.25) is 5.02 Å². The van der Waals surface area contributed by atoms with Crippen LogP contribution in [-0.2, 0) is 24.3 Å². The van der Waals surface area contributed by atoms with Crippen molar-refractivity contribution in [3.05, 3.63) is 105 Å². The zero-order valence-electron chi connectivity index (χ0n) is 19.6. The van der Waals surface area contributed by atoms with Gasteiger partial charge in [-0.25, -0.2) is 4.98 Å². The van der Waals surface area contributed by atoms with Crippen LogP contribution in [0.5, 0.6) is 0 Å². The molecule has 0 unspecified atom stereocenters. The molecule has 0 aliphatic heterocycles. The highest BCUT2D eigenvalue weighted by Gasteiger charge is 2.19. The van der Waals surface area contributed by atoms with E-state index in [1.54, 1.807) is 17.0 Å². The molecule has 0 radical (unpaired) electrons. The number of hydrogen-bond donors (Lipinski definition) is 1. The normalized spacial score (nSPS) is 11.3. The summed E-state index contributed by atoms with van der Waals surface area (Å²) in [6.45, 7) is 4.36. The number of rotatable bonds is 6. The Morgan fingerprint density at radius 3 is 2.57 bits per heavy atom. The van der Waals surface area contributed by atoms with E-state index in [1.165, 1.54) is 10.1 Å². The molecular formula is C28H25ClN4O2. The molecule has 0 saturated heterocycles. The summed E-state index contributed by atoms with van der Waals surface area (Å²) < 4.78 is 3.30. The number of carbonyl (C=O) groups is 1. The molecule has 5 aromatic rings. The van der Waals surface area contributed by atoms with Crippen LogP contribution in [0.4, 0.5) is 5.69 Å². The molecule has 1 amide bonds. The average molecular weight is 485 g/mol. The van der Waals surface area contributed by atoms with Crippen LogP contribution < -0.4 is 10.9 Å². The number of aryl methyl sites for hydroxylation is 2. The van der Waals surface area contributed by atoms with Crippen LogP contribution in [-0.4, -0.2) is 20.0 Å². The first-order chi connectivity index (χ1) is 16.9. The molecule has 3 aromatic carbocycles. The van der Waals surface area contributed by atoms with E-state index in [9.17, 15) is 9.59 Å². The Bertz CT molecular complexity index is 1620. The van der Waals surface area contributed by atoms with Crippen molar-refractivity contribution < 1.29 is 4.79 Å². The van der Waals surface area contributed by atoms with Crippen molar-refractivity contribution >= 4 is 45.1 Å². The van der Waals surface area contributed by atoms with E-state index in [0.717, 1.165) is 34.1 Å². The van der Waals surface area contributed by atoms with Crippen molar-refractivity contribution in [1.29, 1.82) is 0 Å². The second kappa shape index (κ2) is 9.39. The number of anilines is 1. The van der Waals surface area contributed by atoms with Gasteiger partial charge in [0.1, 0.15) is 17.6 Å². The van der Waals surface area contributed by atoms with E-state index < -0.39 is 0 Å². The largest absolute Gasteiger partial charge is 0.325 e. The molecule has 0 fully saturated rings. The third-order valence-electron chi connectivity index (χ3n) is 6.23. The minimum absolute atomic E-state index is 0.00832. The van der Waals surface area contributed by atoms with E-state index >= 15 is 0 Å². The molecule has 176 valence electrons. The Morgan fingerprint density at radius 1 is 1.06 bits per heavy atom. The minimum atomic E-state index is -0.219. The van der Waals surface area contributed by atoms with Crippen molar-refractivity contribution in [2.24, 2.45) is 0 Å². The summed E-state index contributed by atoms with van der Waals surface area (Å²) in [5.74, 6) is -0.213. The fourth-order valence-corrected chi connectivity index (χ4v) is 4.56. The number of hydrogen-bond acceptors (Lipinski definition) is 3. The molecule has 0 aliphatic carbocycles. The van der Waals surface area contributed by atoms with Gasteiger partial charge in [-0.1, -0.05) is 60.5 Å². The van der Waals surface area contributed by atoms with E-state index in [0.29, 0.717) is 16.1 Å². The maximum absolute atomic E-state index is 13.7. The first kappa shape index (κ1) is 22.9. The zero-order valence-corrected chi connectivity index (χ0v) is 20.3. The molecule has 1 N–H and O–H groups in total. The first-order valence-corrected chi connectivity index (χ1v) is 11.9. The number of carbonyl (C=O) groups excluding carboxylic acids is 1. The van der Waals surface area contributed by atoms with Crippen LogP contribution >= 0.6 is 11.6 Å². The predicted octanol–water partition coefficient (Wildman–Crippen LogP) is 5.56. The fraction of sp³-hybridized carbons (Fsp3) is 0.179. The summed E-state index contributed by atoms with van der Waals surface area (Å²) in [5.41, 5.74) is 5.36. The zero-order chi connectivity index (χ0) is 24.5. The van der Waals surface area contributed by atoms with Gasteiger partial charge in [0.2, 0.25) is 5.91 Å². The second-order valence-electron chi connectivity index (χ2n) is 8.67. The highest BCUT2D eigenvalue weighted by molar-refractivity contribution is 6.31. The summed E-state index contributed by atoms with van der Waals surface area (Å²) in [6.07, 6.45) is 2.48. The molecular weight excluding hydrogens is 460 g/mol. The molecule has 35 heavy (non-hydrogen) atoms. The molecule has 0 saturated carbocycles. The molecule has 2 aromatic heterocycles. The highest BCUT2D eigenvalue weighted by Crippen LogP contribution is 2.27.